The largest absolute Gasteiger partial charge is 0.480 e. The van der Waals surface area contributed by atoms with Crippen molar-refractivity contribution in [1.82, 2.24) is 51.9 Å². The Balaban J connectivity index is 0.00000562. The van der Waals surface area contributed by atoms with Gasteiger partial charge in [-0.3, -0.25) is 52.7 Å². The number of amides is 10. The predicted octanol–water partition coefficient (Wildman–Crippen LogP) is -3.22. The Labute approximate surface area is 387 Å². The Morgan fingerprint density at radius 2 is 1.36 bits per heavy atom. The number of nitrogens with two attached hydrogens (primary N) is 2. The highest BCUT2D eigenvalue weighted by atomic mass is 16.4. The van der Waals surface area contributed by atoms with E-state index in [9.17, 15) is 52.7 Å². The predicted molar refractivity (Wildman–Crippen MR) is 242 cm³/mol. The van der Waals surface area contributed by atoms with Crippen molar-refractivity contribution < 1.29 is 57.8 Å². The van der Waals surface area contributed by atoms with Crippen molar-refractivity contribution in [2.75, 3.05) is 58.9 Å². The average molecular weight is 941 g/mol. The molecule has 0 bridgehead atoms. The average Bonchev–Trinajstić information content (AvgIpc) is 4.00. The molecule has 2 rings (SSSR count). The van der Waals surface area contributed by atoms with E-state index in [1.54, 1.807) is 27.7 Å². The van der Waals surface area contributed by atoms with Crippen LogP contribution in [-0.4, -0.2) is 180 Å². The topological polar surface area (TPSA) is 354 Å². The second-order valence-electron chi connectivity index (χ2n) is 15.9. The van der Waals surface area contributed by atoms with Crippen molar-refractivity contribution in [3.05, 3.63) is 0 Å². The number of hydrogen-bond acceptors (Lipinski definition) is 13. The van der Waals surface area contributed by atoms with Crippen LogP contribution < -0.4 is 48.7 Å². The summed E-state index contributed by atoms with van der Waals surface area (Å²) >= 11 is 0. The second-order valence-corrected chi connectivity index (χ2v) is 15.9. The van der Waals surface area contributed by atoms with E-state index in [1.807, 2.05) is 13.8 Å². The molecule has 2 aliphatic rings. The quantitative estimate of drug-likeness (QED) is 0.0431. The number of aliphatic carboxylic acids is 1. The van der Waals surface area contributed by atoms with E-state index >= 15 is 0 Å². The van der Waals surface area contributed by atoms with Gasteiger partial charge in [-0.05, 0) is 86.2 Å². The lowest BCUT2D eigenvalue weighted by atomic mass is 10.1. The first-order valence-corrected chi connectivity index (χ1v) is 22.6. The molecule has 10 amide bonds. The van der Waals surface area contributed by atoms with E-state index in [1.165, 1.54) is 29.6 Å². The molecular formula is C42H76N12O12. The van der Waals surface area contributed by atoms with Crippen molar-refractivity contribution in [3.63, 3.8) is 0 Å². The maximum absolute atomic E-state index is 13.3. The number of nitrogens with zero attached hydrogens (tertiary/aromatic N) is 3. The first-order chi connectivity index (χ1) is 31.1. The zero-order valence-corrected chi connectivity index (χ0v) is 39.9. The number of likely N-dealkylation sites (tertiary alicyclic amines) is 1. The smallest absolute Gasteiger partial charge is 0.322 e. The minimum absolute atomic E-state index is 0.188. The van der Waals surface area contributed by atoms with Gasteiger partial charge in [0.05, 0.1) is 38.8 Å². The summed E-state index contributed by atoms with van der Waals surface area (Å²) < 4.78 is 0. The summed E-state index contributed by atoms with van der Waals surface area (Å²) in [4.78, 5) is 141. The third-order valence-corrected chi connectivity index (χ3v) is 10.1. The van der Waals surface area contributed by atoms with Crippen LogP contribution in [0.2, 0.25) is 0 Å². The van der Waals surface area contributed by atoms with Crippen LogP contribution in [0.1, 0.15) is 107 Å². The Hall–Kier alpha value is -5.91. The number of carboxylic acids is 1. The lowest BCUT2D eigenvalue weighted by Crippen LogP contribution is -2.56. The lowest BCUT2D eigenvalue weighted by Gasteiger charge is -2.32. The summed E-state index contributed by atoms with van der Waals surface area (Å²) in [5.74, 6) is -7.80. The van der Waals surface area contributed by atoms with Crippen LogP contribution in [0.5, 0.6) is 0 Å². The molecule has 0 saturated carbocycles. The number of nitrogens with one attached hydrogen (secondary N) is 7. The molecule has 24 nitrogen and oxygen atoms in total. The number of carboxylic acid groups (broad SMARTS) is 1. The van der Waals surface area contributed by atoms with Crippen LogP contribution >= 0.6 is 0 Å². The van der Waals surface area contributed by atoms with Gasteiger partial charge in [-0.15, -0.1) is 0 Å². The number of carbonyl (C=O) groups excluding carboxylic acids is 10. The number of rotatable bonds is 25. The molecule has 2 saturated heterocycles. The third kappa shape index (κ3) is 22.8. The van der Waals surface area contributed by atoms with Crippen molar-refractivity contribution in [2.45, 2.75) is 143 Å². The first kappa shape index (κ1) is 60.1. The molecule has 66 heavy (non-hydrogen) atoms. The van der Waals surface area contributed by atoms with E-state index < -0.39 is 135 Å². The summed E-state index contributed by atoms with van der Waals surface area (Å²) in [6.07, 6.45) is 4.20. The van der Waals surface area contributed by atoms with Gasteiger partial charge in [0.25, 0.3) is 0 Å². The summed E-state index contributed by atoms with van der Waals surface area (Å²) in [5.41, 5.74) is 10.4. The molecule has 0 aromatic heterocycles. The van der Waals surface area contributed by atoms with Gasteiger partial charge in [-0.2, -0.15) is 0 Å². The van der Waals surface area contributed by atoms with E-state index in [4.69, 9.17) is 16.6 Å². The van der Waals surface area contributed by atoms with Crippen LogP contribution in [0, 0.1) is 0 Å². The highest BCUT2D eigenvalue weighted by Gasteiger charge is 2.35. The van der Waals surface area contributed by atoms with Gasteiger partial charge in [0.2, 0.25) is 59.1 Å². The minimum atomic E-state index is -1.28. The third-order valence-electron chi connectivity index (χ3n) is 10.1. The standard InChI is InChI=1S/C36H59N11O12.C4H11N.C2H6/c1-20(2)46(30(52)16-42-35(58)24(10-11-26(37)48)44-27(49)14-40-34(57)23-8-6-12-38-23)19-28(50)39-17-31(53)47(21(3)4)22(5)33(56)41-15-29(51)45-13-7-9-25(45)36(59)43-18-32(54)55;1-2-3-4-5;1-2/h20-25,38H,6-19H2,1-5H3,(H2,37,48)(H,39,50)(H,40,57)(H,41,56)(H,42,58)(H,43,59)(H,44,49)(H,54,55);2-5H2,1H3;1-2H3. The highest BCUT2D eigenvalue weighted by Crippen LogP contribution is 2.17. The fourth-order valence-corrected chi connectivity index (χ4v) is 6.73. The first-order valence-electron chi connectivity index (χ1n) is 22.6. The lowest BCUT2D eigenvalue weighted by molar-refractivity contribution is -0.143. The molecule has 0 spiro atoms. The zero-order valence-electron chi connectivity index (χ0n) is 39.9. The monoisotopic (exact) mass is 941 g/mol. The Morgan fingerprint density at radius 3 is 1.89 bits per heavy atom. The molecule has 12 N–H and O–H groups in total. The molecule has 2 aliphatic heterocycles. The maximum Gasteiger partial charge on any atom is 0.322 e. The number of unbranched alkanes of at least 4 members (excludes halogenated alkanes) is 1. The number of carbonyl (C=O) groups is 11. The van der Waals surface area contributed by atoms with Crippen molar-refractivity contribution in [3.8, 4) is 0 Å². The number of primary amides is 1. The summed E-state index contributed by atoms with van der Waals surface area (Å²) in [6.45, 7) is 12.7. The van der Waals surface area contributed by atoms with Crippen molar-refractivity contribution >= 4 is 65.0 Å². The Kier molecular flexibility index (Phi) is 29.8. The van der Waals surface area contributed by atoms with Gasteiger partial charge in [0, 0.05) is 25.0 Å². The molecule has 376 valence electrons. The SMILES string of the molecule is CC.CC(C)N(CC(=O)NCC(=O)N(C(C)C)C(C)C(=O)NCC(=O)N1CCCC1C(=O)NCC(=O)O)C(=O)CNC(=O)C(CCC(N)=O)NC(=O)CNC(=O)C1CCCN1.CCCCN. The van der Waals surface area contributed by atoms with Crippen LogP contribution in [-0.2, 0) is 52.7 Å². The van der Waals surface area contributed by atoms with Crippen molar-refractivity contribution in [1.29, 1.82) is 0 Å². The molecule has 2 heterocycles. The van der Waals surface area contributed by atoms with Crippen LogP contribution in [0.25, 0.3) is 0 Å². The molecule has 0 aromatic rings. The van der Waals surface area contributed by atoms with Gasteiger partial charge in [0.15, 0.2) is 0 Å². The van der Waals surface area contributed by atoms with Gasteiger partial charge in [-0.25, -0.2) is 0 Å². The summed E-state index contributed by atoms with van der Waals surface area (Å²) in [6, 6.07) is -4.75. The summed E-state index contributed by atoms with van der Waals surface area (Å²) in [7, 11) is 0. The molecule has 24 heteroatoms. The summed E-state index contributed by atoms with van der Waals surface area (Å²) in [5, 5.41) is 26.3. The molecule has 0 aliphatic carbocycles. The van der Waals surface area contributed by atoms with E-state index in [-0.39, 0.29) is 25.3 Å². The van der Waals surface area contributed by atoms with E-state index in [0.717, 1.165) is 17.9 Å². The minimum Gasteiger partial charge on any atom is -0.480 e. The van der Waals surface area contributed by atoms with Gasteiger partial charge >= 0.3 is 5.97 Å². The maximum atomic E-state index is 13.3. The molecule has 4 atom stereocenters. The van der Waals surface area contributed by atoms with Crippen LogP contribution in [0.4, 0.5) is 0 Å². The second kappa shape index (κ2) is 32.7. The normalized spacial score (nSPS) is 15.9. The van der Waals surface area contributed by atoms with Gasteiger partial charge in [0.1, 0.15) is 24.7 Å². The molecule has 2 fully saturated rings. The van der Waals surface area contributed by atoms with Crippen LogP contribution in [0.3, 0.4) is 0 Å². The van der Waals surface area contributed by atoms with E-state index in [2.05, 4.69) is 44.1 Å². The van der Waals surface area contributed by atoms with Crippen molar-refractivity contribution in [2.24, 2.45) is 11.5 Å². The highest BCUT2D eigenvalue weighted by molar-refractivity contribution is 5.96. The van der Waals surface area contributed by atoms with Gasteiger partial charge in [-0.1, -0.05) is 27.2 Å². The van der Waals surface area contributed by atoms with E-state index in [0.29, 0.717) is 25.8 Å². The Morgan fingerprint density at radius 1 is 0.742 bits per heavy atom. The fraction of sp³-hybridized carbons (Fsp3) is 0.738. The zero-order chi connectivity index (χ0) is 50.5. The fourth-order valence-electron chi connectivity index (χ4n) is 6.73. The molecule has 0 aromatic carbocycles. The molecule has 0 radical (unpaired) electrons. The van der Waals surface area contributed by atoms with Gasteiger partial charge < -0.3 is 68.5 Å². The molecule has 4 unspecified atom stereocenters. The number of hydrogen-bond donors (Lipinski definition) is 10. The van der Waals surface area contributed by atoms with Crippen LogP contribution in [0.15, 0.2) is 0 Å². The Bertz CT molecular complexity index is 1640. The molecular weight excluding hydrogens is 865 g/mol.